The van der Waals surface area contributed by atoms with E-state index in [0.29, 0.717) is 47.5 Å². The normalized spacial score (nSPS) is 12.7. The Balaban J connectivity index is 1.85. The molecule has 8 heteroatoms. The van der Waals surface area contributed by atoms with E-state index < -0.39 is 0 Å². The fourth-order valence-electron chi connectivity index (χ4n) is 3.58. The van der Waals surface area contributed by atoms with Gasteiger partial charge in [-0.3, -0.25) is 4.79 Å². The zero-order valence-corrected chi connectivity index (χ0v) is 20.7. The van der Waals surface area contributed by atoms with Crippen LogP contribution in [0.5, 0.6) is 0 Å². The maximum absolute atomic E-state index is 11.6. The highest BCUT2D eigenvalue weighted by Crippen LogP contribution is 2.30. The number of allylic oxidation sites excluding steroid dienone is 5. The Morgan fingerprint density at radius 1 is 1.32 bits per heavy atom. The standard InChI is InChI=1S/C26H30ClN3O4/c1-6-18(15-22(27)17(5)33-16(3)4)26-29-25(30-34-26)21-12-11-19(20-13-14-28-24(20)21)9-8-10-23(31)32-7-2/h6,11-16,28H,1,7-10H2,2-5H3/b18-15+,22-17-. The van der Waals surface area contributed by atoms with Gasteiger partial charge in [0, 0.05) is 29.1 Å². The van der Waals surface area contributed by atoms with E-state index in [4.69, 9.17) is 25.6 Å². The number of nitrogens with one attached hydrogen (secondary N) is 1. The number of benzene rings is 1. The number of hydrogen-bond acceptors (Lipinski definition) is 6. The van der Waals surface area contributed by atoms with E-state index in [0.717, 1.165) is 28.5 Å². The molecule has 0 saturated carbocycles. The van der Waals surface area contributed by atoms with Crippen molar-refractivity contribution in [1.82, 2.24) is 15.1 Å². The highest BCUT2D eigenvalue weighted by molar-refractivity contribution is 6.32. The molecule has 0 bridgehead atoms. The molecule has 0 aliphatic heterocycles. The lowest BCUT2D eigenvalue weighted by Crippen LogP contribution is -2.04. The molecule has 0 saturated heterocycles. The average Bonchev–Trinajstić information content (AvgIpc) is 3.47. The maximum Gasteiger partial charge on any atom is 0.305 e. The van der Waals surface area contributed by atoms with Crippen molar-refractivity contribution in [1.29, 1.82) is 0 Å². The Bertz CT molecular complexity index is 1220. The van der Waals surface area contributed by atoms with E-state index in [2.05, 4.69) is 21.7 Å². The highest BCUT2D eigenvalue weighted by Gasteiger charge is 2.16. The number of esters is 1. The van der Waals surface area contributed by atoms with E-state index in [1.54, 1.807) is 19.1 Å². The molecular weight excluding hydrogens is 454 g/mol. The zero-order valence-electron chi connectivity index (χ0n) is 20.0. The number of hydrogen-bond donors (Lipinski definition) is 1. The van der Waals surface area contributed by atoms with E-state index in [-0.39, 0.29) is 12.1 Å². The van der Waals surface area contributed by atoms with Crippen molar-refractivity contribution in [2.75, 3.05) is 6.61 Å². The summed E-state index contributed by atoms with van der Waals surface area (Å²) in [6.07, 6.45) is 7.07. The van der Waals surface area contributed by atoms with E-state index in [1.807, 2.05) is 45.2 Å². The lowest BCUT2D eigenvalue weighted by Gasteiger charge is -2.10. The minimum atomic E-state index is -0.171. The minimum absolute atomic E-state index is 0.0145. The van der Waals surface area contributed by atoms with Gasteiger partial charge in [0.25, 0.3) is 5.89 Å². The molecule has 2 heterocycles. The van der Waals surface area contributed by atoms with Crippen LogP contribution >= 0.6 is 11.6 Å². The van der Waals surface area contributed by atoms with Gasteiger partial charge >= 0.3 is 5.97 Å². The Morgan fingerprint density at radius 2 is 2.12 bits per heavy atom. The Hall–Kier alpha value is -3.32. The van der Waals surface area contributed by atoms with Crippen LogP contribution in [0.25, 0.3) is 27.9 Å². The number of aryl methyl sites for hydroxylation is 1. The van der Waals surface area contributed by atoms with Gasteiger partial charge in [0.05, 0.1) is 23.3 Å². The van der Waals surface area contributed by atoms with E-state index >= 15 is 0 Å². The number of aromatic nitrogens is 3. The van der Waals surface area contributed by atoms with Crippen LogP contribution in [0.15, 0.2) is 58.4 Å². The van der Waals surface area contributed by atoms with Gasteiger partial charge in [0.2, 0.25) is 5.82 Å². The molecule has 0 spiro atoms. The predicted molar refractivity (Wildman–Crippen MR) is 134 cm³/mol. The molecule has 3 aromatic rings. The van der Waals surface area contributed by atoms with Crippen LogP contribution in [0.1, 0.15) is 52.0 Å². The third-order valence-corrected chi connectivity index (χ3v) is 5.49. The summed E-state index contributed by atoms with van der Waals surface area (Å²) in [6.45, 7) is 11.7. The predicted octanol–water partition coefficient (Wildman–Crippen LogP) is 6.57. The molecule has 0 radical (unpaired) electrons. The molecule has 2 aromatic heterocycles. The molecule has 0 atom stereocenters. The number of rotatable bonds is 11. The molecule has 0 aliphatic rings. The summed E-state index contributed by atoms with van der Waals surface area (Å²) in [5, 5.41) is 5.66. The Morgan fingerprint density at radius 3 is 2.82 bits per heavy atom. The van der Waals surface area contributed by atoms with Gasteiger partial charge in [0.15, 0.2) is 0 Å². The van der Waals surface area contributed by atoms with Crippen LogP contribution < -0.4 is 0 Å². The number of H-pyrrole nitrogens is 1. The van der Waals surface area contributed by atoms with Crippen LogP contribution in [-0.2, 0) is 20.7 Å². The second-order valence-corrected chi connectivity index (χ2v) is 8.40. The second kappa shape index (κ2) is 11.7. The lowest BCUT2D eigenvalue weighted by molar-refractivity contribution is -0.143. The monoisotopic (exact) mass is 483 g/mol. The van der Waals surface area contributed by atoms with Crippen molar-refractivity contribution in [3.8, 4) is 11.4 Å². The van der Waals surface area contributed by atoms with Crippen molar-refractivity contribution >= 4 is 34.0 Å². The molecule has 0 unspecified atom stereocenters. The van der Waals surface area contributed by atoms with Crippen LogP contribution in [0.2, 0.25) is 0 Å². The summed E-state index contributed by atoms with van der Waals surface area (Å²) in [5.74, 6) is 1.18. The van der Waals surface area contributed by atoms with E-state index in [9.17, 15) is 4.79 Å². The van der Waals surface area contributed by atoms with Gasteiger partial charge in [-0.25, -0.2) is 0 Å². The van der Waals surface area contributed by atoms with Gasteiger partial charge in [-0.1, -0.05) is 35.5 Å². The lowest BCUT2D eigenvalue weighted by atomic mass is 10.0. The number of nitrogens with zero attached hydrogens (tertiary/aromatic N) is 2. The third kappa shape index (κ3) is 6.17. The van der Waals surface area contributed by atoms with Gasteiger partial charge in [0.1, 0.15) is 5.76 Å². The first-order valence-corrected chi connectivity index (χ1v) is 11.7. The summed E-state index contributed by atoms with van der Waals surface area (Å²) >= 11 is 6.39. The van der Waals surface area contributed by atoms with Gasteiger partial charge in [-0.05, 0) is 64.3 Å². The minimum Gasteiger partial charge on any atom is -0.494 e. The molecule has 0 amide bonds. The average molecular weight is 484 g/mol. The van der Waals surface area contributed by atoms with Crippen molar-refractivity contribution in [2.45, 2.75) is 53.1 Å². The fourth-order valence-corrected chi connectivity index (χ4v) is 3.75. The number of fused-ring (bicyclic) bond motifs is 1. The largest absolute Gasteiger partial charge is 0.494 e. The number of ether oxygens (including phenoxy) is 2. The van der Waals surface area contributed by atoms with Gasteiger partial charge < -0.3 is 19.0 Å². The number of carbonyl (C=O) groups is 1. The van der Waals surface area contributed by atoms with Crippen LogP contribution in [0.4, 0.5) is 0 Å². The SMILES string of the molecule is C=C/C(=C\C(Cl)=C(/C)OC(C)C)c1nc(-c2ccc(CCCC(=O)OCC)c3cc[nH]c23)no1. The molecule has 1 aromatic carbocycles. The highest BCUT2D eigenvalue weighted by atomic mass is 35.5. The molecule has 3 rings (SSSR count). The summed E-state index contributed by atoms with van der Waals surface area (Å²) in [7, 11) is 0. The van der Waals surface area contributed by atoms with E-state index in [1.165, 1.54) is 0 Å². The van der Waals surface area contributed by atoms with Crippen LogP contribution in [-0.4, -0.2) is 33.8 Å². The number of carbonyl (C=O) groups excluding carboxylic acids is 1. The molecule has 0 fully saturated rings. The summed E-state index contributed by atoms with van der Waals surface area (Å²) in [4.78, 5) is 19.5. The first-order chi connectivity index (χ1) is 16.3. The Labute approximate surface area is 204 Å². The molecular formula is C26H30ClN3O4. The third-order valence-electron chi connectivity index (χ3n) is 5.11. The van der Waals surface area contributed by atoms with Gasteiger partial charge in [-0.2, -0.15) is 4.98 Å². The molecule has 1 N–H and O–H groups in total. The molecule has 34 heavy (non-hydrogen) atoms. The Kier molecular flexibility index (Phi) is 8.71. The molecule has 0 aliphatic carbocycles. The topological polar surface area (TPSA) is 90.2 Å². The molecule has 180 valence electrons. The second-order valence-electron chi connectivity index (χ2n) is 7.99. The summed E-state index contributed by atoms with van der Waals surface area (Å²) in [5.41, 5.74) is 3.45. The first kappa shape index (κ1) is 25.3. The fraction of sp³-hybridized carbons (Fsp3) is 0.346. The maximum atomic E-state index is 11.6. The van der Waals surface area contributed by atoms with Crippen LogP contribution in [0, 0.1) is 0 Å². The van der Waals surface area contributed by atoms with Crippen LogP contribution in [0.3, 0.4) is 0 Å². The zero-order chi connectivity index (χ0) is 24.7. The van der Waals surface area contributed by atoms with Gasteiger partial charge in [-0.15, -0.1) is 0 Å². The first-order valence-electron chi connectivity index (χ1n) is 11.3. The smallest absolute Gasteiger partial charge is 0.305 e. The number of halogens is 1. The summed E-state index contributed by atoms with van der Waals surface area (Å²) in [6, 6.07) is 6.00. The van der Waals surface area contributed by atoms with Crippen molar-refractivity contribution in [2.24, 2.45) is 0 Å². The summed E-state index contributed by atoms with van der Waals surface area (Å²) < 4.78 is 16.2. The molecule has 7 nitrogen and oxygen atoms in total. The van der Waals surface area contributed by atoms with Crippen molar-refractivity contribution < 1.29 is 18.8 Å². The van der Waals surface area contributed by atoms with Crippen molar-refractivity contribution in [3.63, 3.8) is 0 Å². The van der Waals surface area contributed by atoms with Crippen molar-refractivity contribution in [3.05, 3.63) is 65.4 Å². The quantitative estimate of drug-likeness (QED) is 0.188. The number of aromatic amines is 1.